The van der Waals surface area contributed by atoms with E-state index >= 15 is 0 Å². The van der Waals surface area contributed by atoms with Gasteiger partial charge in [0.15, 0.2) is 0 Å². The molecule has 0 aliphatic heterocycles. The summed E-state index contributed by atoms with van der Waals surface area (Å²) in [6.45, 7) is 6.44. The van der Waals surface area contributed by atoms with Crippen LogP contribution in [0.25, 0.3) is 10.9 Å². The van der Waals surface area contributed by atoms with Gasteiger partial charge in [-0.1, -0.05) is 19.4 Å². The molecule has 0 aliphatic rings. The highest BCUT2D eigenvalue weighted by Gasteiger charge is 2.23. The highest BCUT2D eigenvalue weighted by molar-refractivity contribution is 5.89. The number of phenolic OH excluding ortho intramolecular Hbond substituents is 1. The Hall–Kier alpha value is -4.86. The second-order valence-corrected chi connectivity index (χ2v) is 9.54. The molecule has 2 aromatic heterocycles. The fourth-order valence-corrected chi connectivity index (χ4v) is 4.30. The maximum Gasteiger partial charge on any atom is 0.328 e. The number of benzene rings is 2. The number of hydrogen-bond donors (Lipinski definition) is 3. The minimum Gasteiger partial charge on any atom is -0.508 e. The van der Waals surface area contributed by atoms with Crippen molar-refractivity contribution in [1.29, 1.82) is 0 Å². The van der Waals surface area contributed by atoms with Crippen LogP contribution < -0.4 is 15.4 Å². The number of aryl methyl sites for hydroxylation is 2. The largest absolute Gasteiger partial charge is 0.508 e. The molecule has 2 heterocycles. The van der Waals surface area contributed by atoms with Gasteiger partial charge in [-0.2, -0.15) is 0 Å². The smallest absolute Gasteiger partial charge is 0.328 e. The number of nitrogens with one attached hydrogen (secondary N) is 2. The number of rotatable bonds is 11. The minimum atomic E-state index is -1.05. The summed E-state index contributed by atoms with van der Waals surface area (Å²) in [6, 6.07) is 17.1. The Morgan fingerprint density at radius 2 is 1.76 bits per heavy atom. The molecule has 2 aromatic carbocycles. The number of phenols is 1. The summed E-state index contributed by atoms with van der Waals surface area (Å²) in [7, 11) is 1.20. The summed E-state index contributed by atoms with van der Waals surface area (Å²) < 4.78 is 12.6. The van der Waals surface area contributed by atoms with Gasteiger partial charge in [-0.25, -0.2) is 4.79 Å². The Morgan fingerprint density at radius 1 is 1.02 bits per heavy atom. The van der Waals surface area contributed by atoms with E-state index in [2.05, 4.69) is 37.9 Å². The summed E-state index contributed by atoms with van der Waals surface area (Å²) in [5.41, 5.74) is 3.07. The second-order valence-electron chi connectivity index (χ2n) is 9.54. The zero-order valence-corrected chi connectivity index (χ0v) is 24.4. The number of amides is 2. The van der Waals surface area contributed by atoms with Crippen molar-refractivity contribution in [2.24, 2.45) is 0 Å². The standard InChI is InChI=1S/C24H27N3O6.C8H11N/c1-4-27-14-16(13-25-23(30)12-21(24(31)32-3)26-15(2)28)20-11-19(9-10-22(20)27)33-18-7-5-17(29)6-8-18;1-2-5-8-6-3-4-7-9-8/h5-11,14,21,29H,4,12-13H2,1-3H3,(H,25,30)(H,26,28);3-4,6-7H,2,5H2,1H3. The minimum absolute atomic E-state index is 0.156. The molecule has 4 rings (SSSR count). The van der Waals surface area contributed by atoms with Crippen LogP contribution in [0.2, 0.25) is 0 Å². The van der Waals surface area contributed by atoms with Gasteiger partial charge in [0, 0.05) is 49.0 Å². The average molecular weight is 575 g/mol. The van der Waals surface area contributed by atoms with E-state index in [1.165, 1.54) is 26.1 Å². The Balaban J connectivity index is 0.000000458. The molecule has 0 saturated carbocycles. The molecule has 2 amide bonds. The molecule has 0 bridgehead atoms. The van der Waals surface area contributed by atoms with Crippen molar-refractivity contribution in [2.75, 3.05) is 7.11 Å². The topological polar surface area (TPSA) is 132 Å². The molecule has 0 spiro atoms. The zero-order valence-electron chi connectivity index (χ0n) is 24.4. The number of carbonyl (C=O) groups excluding carboxylic acids is 3. The summed E-state index contributed by atoms with van der Waals surface area (Å²) in [6.07, 6.45) is 5.84. The lowest BCUT2D eigenvalue weighted by Crippen LogP contribution is -2.43. The maximum atomic E-state index is 12.5. The van der Waals surface area contributed by atoms with Crippen molar-refractivity contribution >= 4 is 28.7 Å². The summed E-state index contributed by atoms with van der Waals surface area (Å²) in [5, 5.41) is 15.6. The first-order chi connectivity index (χ1) is 20.2. The Labute approximate surface area is 245 Å². The molecule has 0 saturated heterocycles. The van der Waals surface area contributed by atoms with Crippen molar-refractivity contribution in [1.82, 2.24) is 20.2 Å². The van der Waals surface area contributed by atoms with E-state index < -0.39 is 23.8 Å². The van der Waals surface area contributed by atoms with Gasteiger partial charge in [0.1, 0.15) is 23.3 Å². The number of nitrogens with zero attached hydrogens (tertiary/aromatic N) is 2. The van der Waals surface area contributed by atoms with E-state index in [0.29, 0.717) is 11.5 Å². The lowest BCUT2D eigenvalue weighted by molar-refractivity contribution is -0.146. The van der Waals surface area contributed by atoms with Gasteiger partial charge in [-0.15, -0.1) is 0 Å². The molecule has 1 atom stereocenters. The van der Waals surface area contributed by atoms with Crippen LogP contribution in [0.15, 0.2) is 73.1 Å². The van der Waals surface area contributed by atoms with Crippen LogP contribution in [0.4, 0.5) is 0 Å². The molecule has 4 aromatic rings. The number of aromatic hydroxyl groups is 1. The Bertz CT molecular complexity index is 1470. The fraction of sp³-hybridized carbons (Fsp3) is 0.312. The van der Waals surface area contributed by atoms with Crippen LogP contribution in [0.1, 0.15) is 44.9 Å². The first-order valence-corrected chi connectivity index (χ1v) is 13.8. The van der Waals surface area contributed by atoms with Crippen molar-refractivity contribution < 1.29 is 29.0 Å². The number of pyridine rings is 1. The fourth-order valence-electron chi connectivity index (χ4n) is 4.30. The molecular weight excluding hydrogens is 536 g/mol. The molecular formula is C32H38N4O6. The van der Waals surface area contributed by atoms with Gasteiger partial charge in [0.2, 0.25) is 11.8 Å². The van der Waals surface area contributed by atoms with E-state index in [4.69, 9.17) is 4.74 Å². The molecule has 0 radical (unpaired) electrons. The van der Waals surface area contributed by atoms with Crippen LogP contribution in [0, 0.1) is 0 Å². The second kappa shape index (κ2) is 15.8. The quantitative estimate of drug-likeness (QED) is 0.218. The van der Waals surface area contributed by atoms with Gasteiger partial charge >= 0.3 is 5.97 Å². The summed E-state index contributed by atoms with van der Waals surface area (Å²) in [4.78, 5) is 39.8. The molecule has 222 valence electrons. The molecule has 10 heteroatoms. The number of hydrogen-bond acceptors (Lipinski definition) is 7. The molecule has 0 fully saturated rings. The molecule has 3 N–H and O–H groups in total. The van der Waals surface area contributed by atoms with Gasteiger partial charge < -0.3 is 29.8 Å². The van der Waals surface area contributed by atoms with Gasteiger partial charge in [0.05, 0.1) is 13.5 Å². The van der Waals surface area contributed by atoms with Crippen LogP contribution in [-0.2, 0) is 38.6 Å². The average Bonchev–Trinajstić information content (AvgIpc) is 3.34. The molecule has 42 heavy (non-hydrogen) atoms. The zero-order chi connectivity index (χ0) is 30.5. The molecule has 1 unspecified atom stereocenters. The van der Waals surface area contributed by atoms with E-state index in [0.717, 1.165) is 29.4 Å². The lowest BCUT2D eigenvalue weighted by Gasteiger charge is -2.15. The monoisotopic (exact) mass is 574 g/mol. The van der Waals surface area contributed by atoms with Crippen molar-refractivity contribution in [3.8, 4) is 17.2 Å². The number of aromatic nitrogens is 2. The highest BCUT2D eigenvalue weighted by atomic mass is 16.5. The van der Waals surface area contributed by atoms with Crippen molar-refractivity contribution in [3.63, 3.8) is 0 Å². The number of esters is 1. The third-order valence-electron chi connectivity index (χ3n) is 6.31. The number of fused-ring (bicyclic) bond motifs is 1. The number of methoxy groups -OCH3 is 1. The van der Waals surface area contributed by atoms with Gasteiger partial charge in [-0.3, -0.25) is 14.6 Å². The molecule has 0 aliphatic carbocycles. The van der Waals surface area contributed by atoms with Crippen LogP contribution >= 0.6 is 0 Å². The Kier molecular flexibility index (Phi) is 11.9. The predicted molar refractivity (Wildman–Crippen MR) is 160 cm³/mol. The number of carbonyl (C=O) groups is 3. The van der Waals surface area contributed by atoms with E-state index in [1.807, 2.05) is 49.6 Å². The van der Waals surface area contributed by atoms with Crippen LogP contribution in [0.3, 0.4) is 0 Å². The van der Waals surface area contributed by atoms with Crippen molar-refractivity contribution in [3.05, 3.63) is 84.3 Å². The first-order valence-electron chi connectivity index (χ1n) is 13.8. The summed E-state index contributed by atoms with van der Waals surface area (Å²) in [5.74, 6) is -0.143. The first kappa shape index (κ1) is 31.7. The summed E-state index contributed by atoms with van der Waals surface area (Å²) >= 11 is 0. The predicted octanol–water partition coefficient (Wildman–Crippen LogP) is 4.88. The highest BCUT2D eigenvalue weighted by Crippen LogP contribution is 2.30. The van der Waals surface area contributed by atoms with Gasteiger partial charge in [0.25, 0.3) is 0 Å². The third-order valence-corrected chi connectivity index (χ3v) is 6.31. The van der Waals surface area contributed by atoms with E-state index in [1.54, 1.807) is 24.3 Å². The normalized spacial score (nSPS) is 11.1. The van der Waals surface area contributed by atoms with E-state index in [9.17, 15) is 19.5 Å². The van der Waals surface area contributed by atoms with Crippen LogP contribution in [-0.4, -0.2) is 45.6 Å². The number of ether oxygens (including phenoxy) is 2. The SMILES string of the molecule is CCCc1ccccn1.CCn1cc(CNC(=O)CC(NC(C)=O)C(=O)OC)c2cc(Oc3ccc(O)cc3)ccc21. The van der Waals surface area contributed by atoms with Crippen molar-refractivity contribution in [2.45, 2.75) is 59.2 Å². The van der Waals surface area contributed by atoms with Gasteiger partial charge in [-0.05, 0) is 73.5 Å². The Morgan fingerprint density at radius 3 is 2.38 bits per heavy atom. The maximum absolute atomic E-state index is 12.5. The molecule has 10 nitrogen and oxygen atoms in total. The van der Waals surface area contributed by atoms with E-state index in [-0.39, 0.29) is 18.7 Å². The third kappa shape index (κ3) is 9.36. The van der Waals surface area contributed by atoms with Crippen LogP contribution in [0.5, 0.6) is 17.2 Å². The lowest BCUT2D eigenvalue weighted by atomic mass is 10.1.